The Balaban J connectivity index is 2.03. The van der Waals surface area contributed by atoms with Crippen LogP contribution in [0.1, 0.15) is 37.8 Å². The molecule has 10 heteroatoms. The fourth-order valence-corrected chi connectivity index (χ4v) is 5.81. The van der Waals surface area contributed by atoms with Crippen molar-refractivity contribution in [2.24, 2.45) is 0 Å². The molecule has 3 aromatic carbocycles. The lowest BCUT2D eigenvalue weighted by Gasteiger charge is -2.32. The summed E-state index contributed by atoms with van der Waals surface area (Å²) in [7, 11) is -4.23. The second-order valence-corrected chi connectivity index (χ2v) is 11.9. The third-order valence-corrected chi connectivity index (χ3v) is 8.86. The van der Waals surface area contributed by atoms with Gasteiger partial charge in [0.15, 0.2) is 0 Å². The van der Waals surface area contributed by atoms with Gasteiger partial charge in [0, 0.05) is 13.1 Å². The average molecular weight is 591 g/mol. The molecular formula is C29H33Cl2N3O4S. The van der Waals surface area contributed by atoms with E-state index in [1.165, 1.54) is 29.2 Å². The van der Waals surface area contributed by atoms with Crippen LogP contribution in [0.5, 0.6) is 0 Å². The van der Waals surface area contributed by atoms with Crippen LogP contribution >= 0.6 is 23.2 Å². The lowest BCUT2D eigenvalue weighted by molar-refractivity contribution is -0.139. The number of anilines is 1. The molecule has 0 saturated carbocycles. The van der Waals surface area contributed by atoms with Crippen molar-refractivity contribution in [3.05, 3.63) is 94.0 Å². The van der Waals surface area contributed by atoms with Crippen molar-refractivity contribution >= 4 is 50.7 Å². The fourth-order valence-electron chi connectivity index (χ4n) is 3.93. The number of nitrogens with one attached hydrogen (secondary N) is 1. The highest BCUT2D eigenvalue weighted by Crippen LogP contribution is 2.35. The van der Waals surface area contributed by atoms with Crippen LogP contribution in [0.4, 0.5) is 5.69 Å². The van der Waals surface area contributed by atoms with Gasteiger partial charge in [0.05, 0.1) is 20.6 Å². The number of hydrogen-bond donors (Lipinski definition) is 1. The molecule has 2 amide bonds. The molecule has 0 saturated heterocycles. The topological polar surface area (TPSA) is 86.8 Å². The molecule has 0 aliphatic carbocycles. The minimum Gasteiger partial charge on any atom is -0.354 e. The maximum absolute atomic E-state index is 13.9. The van der Waals surface area contributed by atoms with Crippen molar-refractivity contribution in [1.29, 1.82) is 0 Å². The Kier molecular flexibility index (Phi) is 10.8. The van der Waals surface area contributed by atoms with E-state index in [0.29, 0.717) is 6.54 Å². The third kappa shape index (κ3) is 7.75. The first kappa shape index (κ1) is 30.5. The van der Waals surface area contributed by atoms with Gasteiger partial charge in [0.25, 0.3) is 10.0 Å². The molecule has 3 rings (SSSR count). The SMILES string of the molecule is CCCCNC(=O)[C@@H](C)N(Cc1ccccc1)C(=O)CN(c1cccc(Cl)c1Cl)S(=O)(=O)c1ccc(C)cc1. The number of halogens is 2. The van der Waals surface area contributed by atoms with Gasteiger partial charge in [-0.2, -0.15) is 0 Å². The van der Waals surface area contributed by atoms with Crippen molar-refractivity contribution in [2.45, 2.75) is 51.1 Å². The molecule has 1 N–H and O–H groups in total. The number of sulfonamides is 1. The largest absolute Gasteiger partial charge is 0.354 e. The number of carbonyl (C=O) groups is 2. The zero-order valence-corrected chi connectivity index (χ0v) is 24.6. The second-order valence-electron chi connectivity index (χ2n) is 9.23. The summed E-state index contributed by atoms with van der Waals surface area (Å²) in [6, 6.07) is 19.3. The average Bonchev–Trinajstić information content (AvgIpc) is 2.92. The quantitative estimate of drug-likeness (QED) is 0.269. The van der Waals surface area contributed by atoms with Crippen LogP contribution in [0, 0.1) is 6.92 Å². The van der Waals surface area contributed by atoms with Crippen LogP contribution in [0.3, 0.4) is 0 Å². The van der Waals surface area contributed by atoms with Crippen LogP contribution in [-0.4, -0.2) is 44.3 Å². The van der Waals surface area contributed by atoms with Gasteiger partial charge in [-0.25, -0.2) is 8.42 Å². The zero-order chi connectivity index (χ0) is 28.6. The van der Waals surface area contributed by atoms with E-state index in [1.54, 1.807) is 25.1 Å². The van der Waals surface area contributed by atoms with E-state index >= 15 is 0 Å². The molecule has 7 nitrogen and oxygen atoms in total. The molecule has 0 radical (unpaired) electrons. The second kappa shape index (κ2) is 13.8. The van der Waals surface area contributed by atoms with Gasteiger partial charge in [-0.1, -0.05) is 90.6 Å². The number of hydrogen-bond acceptors (Lipinski definition) is 4. The number of aryl methyl sites for hydroxylation is 1. The smallest absolute Gasteiger partial charge is 0.264 e. The van der Waals surface area contributed by atoms with E-state index < -0.39 is 28.5 Å². The summed E-state index contributed by atoms with van der Waals surface area (Å²) < 4.78 is 28.7. The molecule has 0 aliphatic rings. The maximum Gasteiger partial charge on any atom is 0.264 e. The molecule has 0 unspecified atom stereocenters. The molecule has 0 aromatic heterocycles. The lowest BCUT2D eigenvalue weighted by atomic mass is 10.1. The van der Waals surface area contributed by atoms with Crippen LogP contribution in [0.2, 0.25) is 10.0 Å². The number of rotatable bonds is 12. The maximum atomic E-state index is 13.9. The predicted octanol–water partition coefficient (Wildman–Crippen LogP) is 5.83. The standard InChI is InChI=1S/C29H33Cl2N3O4S/c1-4-5-18-32-29(36)22(3)33(19-23-10-7-6-8-11-23)27(35)20-34(26-13-9-12-25(30)28(26)31)39(37,38)24-16-14-21(2)15-17-24/h6-17,22H,4-5,18-20H2,1-3H3,(H,32,36)/t22-/m1/s1. The van der Waals surface area contributed by atoms with E-state index in [4.69, 9.17) is 23.2 Å². The van der Waals surface area contributed by atoms with E-state index in [-0.39, 0.29) is 33.1 Å². The van der Waals surface area contributed by atoms with Crippen molar-refractivity contribution in [3.63, 3.8) is 0 Å². The molecule has 0 bridgehead atoms. The molecule has 0 fully saturated rings. The van der Waals surface area contributed by atoms with E-state index in [1.807, 2.05) is 44.2 Å². The first-order valence-electron chi connectivity index (χ1n) is 12.7. The van der Waals surface area contributed by atoms with Crippen molar-refractivity contribution in [1.82, 2.24) is 10.2 Å². The number of nitrogens with zero attached hydrogens (tertiary/aromatic N) is 2. The summed E-state index contributed by atoms with van der Waals surface area (Å²) in [6.07, 6.45) is 1.72. The number of benzene rings is 3. The lowest BCUT2D eigenvalue weighted by Crippen LogP contribution is -2.51. The van der Waals surface area contributed by atoms with Gasteiger partial charge in [-0.3, -0.25) is 13.9 Å². The van der Waals surface area contributed by atoms with Gasteiger partial charge < -0.3 is 10.2 Å². The molecule has 3 aromatic rings. The van der Waals surface area contributed by atoms with Crippen molar-refractivity contribution < 1.29 is 18.0 Å². The summed E-state index contributed by atoms with van der Waals surface area (Å²) in [6.45, 7) is 5.51. The number of amides is 2. The molecule has 0 heterocycles. The Morgan fingerprint density at radius 2 is 1.62 bits per heavy atom. The van der Waals surface area contributed by atoms with Gasteiger partial charge in [0.1, 0.15) is 12.6 Å². The van der Waals surface area contributed by atoms with Crippen molar-refractivity contribution in [3.8, 4) is 0 Å². The molecule has 39 heavy (non-hydrogen) atoms. The Labute approximate surface area is 240 Å². The molecule has 1 atom stereocenters. The summed E-state index contributed by atoms with van der Waals surface area (Å²) in [5.41, 5.74) is 1.75. The minimum absolute atomic E-state index is 0.00243. The summed E-state index contributed by atoms with van der Waals surface area (Å²) in [5.74, 6) is -0.884. The van der Waals surface area contributed by atoms with E-state index in [2.05, 4.69) is 5.32 Å². The van der Waals surface area contributed by atoms with E-state index in [9.17, 15) is 18.0 Å². The van der Waals surface area contributed by atoms with Gasteiger partial charge >= 0.3 is 0 Å². The Hall–Kier alpha value is -3.07. The highest BCUT2D eigenvalue weighted by atomic mass is 35.5. The number of carbonyl (C=O) groups excluding carboxylic acids is 2. The normalized spacial score (nSPS) is 12.0. The van der Waals surface area contributed by atoms with E-state index in [0.717, 1.165) is 28.3 Å². The highest BCUT2D eigenvalue weighted by molar-refractivity contribution is 7.92. The van der Waals surface area contributed by atoms with Gasteiger partial charge in [0.2, 0.25) is 11.8 Å². The van der Waals surface area contributed by atoms with Crippen molar-refractivity contribution in [2.75, 3.05) is 17.4 Å². The Morgan fingerprint density at radius 3 is 2.26 bits per heavy atom. The van der Waals surface area contributed by atoms with Gasteiger partial charge in [-0.15, -0.1) is 0 Å². The minimum atomic E-state index is -4.23. The molecule has 0 spiro atoms. The Morgan fingerprint density at radius 1 is 0.949 bits per heavy atom. The van der Waals surface area contributed by atoms with Crippen LogP contribution in [0.25, 0.3) is 0 Å². The van der Waals surface area contributed by atoms with Gasteiger partial charge in [-0.05, 0) is 50.1 Å². The fraction of sp³-hybridized carbons (Fsp3) is 0.310. The predicted molar refractivity (Wildman–Crippen MR) is 157 cm³/mol. The Bertz CT molecular complexity index is 1380. The third-order valence-electron chi connectivity index (χ3n) is 6.28. The summed E-state index contributed by atoms with van der Waals surface area (Å²) in [4.78, 5) is 28.3. The molecule has 208 valence electrons. The monoisotopic (exact) mass is 589 g/mol. The first-order valence-corrected chi connectivity index (χ1v) is 14.9. The molecule has 0 aliphatic heterocycles. The van der Waals surface area contributed by atoms with Crippen LogP contribution < -0.4 is 9.62 Å². The summed E-state index contributed by atoms with van der Waals surface area (Å²) >= 11 is 12.7. The molecular weight excluding hydrogens is 557 g/mol. The zero-order valence-electron chi connectivity index (χ0n) is 22.2. The van der Waals surface area contributed by atoms with Crippen LogP contribution in [-0.2, 0) is 26.2 Å². The first-order chi connectivity index (χ1) is 18.6. The summed E-state index contributed by atoms with van der Waals surface area (Å²) in [5, 5.41) is 3.02. The highest BCUT2D eigenvalue weighted by Gasteiger charge is 2.33. The van der Waals surface area contributed by atoms with Crippen LogP contribution in [0.15, 0.2) is 77.7 Å². The number of unbranched alkanes of at least 4 members (excludes halogenated alkanes) is 1.